The van der Waals surface area contributed by atoms with Crippen LogP contribution in [-0.2, 0) is 9.47 Å². The third-order valence-electron chi connectivity index (χ3n) is 4.20. The van der Waals surface area contributed by atoms with Gasteiger partial charge >= 0.3 is 0 Å². The lowest BCUT2D eigenvalue weighted by molar-refractivity contribution is -0.147. The van der Waals surface area contributed by atoms with Crippen molar-refractivity contribution in [2.45, 2.75) is 104 Å². The maximum Gasteiger partial charge on any atom is 0.157 e. The molecule has 26 heavy (non-hydrogen) atoms. The molecule has 0 fully saturated rings. The third kappa shape index (κ3) is 19.5. The number of hydrogen-bond acceptors (Lipinski definition) is 2. The van der Waals surface area contributed by atoms with Crippen LogP contribution in [-0.4, -0.2) is 19.5 Å². The van der Waals surface area contributed by atoms with Gasteiger partial charge in [0, 0.05) is 13.2 Å². The van der Waals surface area contributed by atoms with E-state index in [-0.39, 0.29) is 6.29 Å². The topological polar surface area (TPSA) is 18.5 Å². The molecule has 0 amide bonds. The van der Waals surface area contributed by atoms with Crippen molar-refractivity contribution in [1.29, 1.82) is 0 Å². The second kappa shape index (κ2) is 22.2. The molecule has 152 valence electrons. The Balaban J connectivity index is 3.63. The van der Waals surface area contributed by atoms with Gasteiger partial charge in [-0.25, -0.2) is 0 Å². The summed E-state index contributed by atoms with van der Waals surface area (Å²) in [5, 5.41) is 0. The van der Waals surface area contributed by atoms with Crippen LogP contribution < -0.4 is 0 Å². The van der Waals surface area contributed by atoms with Crippen molar-refractivity contribution in [2.75, 3.05) is 13.2 Å². The molecule has 2 nitrogen and oxygen atoms in total. The molecular weight excluding hydrogens is 320 g/mol. The van der Waals surface area contributed by atoms with Crippen molar-refractivity contribution in [3.8, 4) is 0 Å². The van der Waals surface area contributed by atoms with Gasteiger partial charge in [0.1, 0.15) is 0 Å². The van der Waals surface area contributed by atoms with Gasteiger partial charge < -0.3 is 9.47 Å². The van der Waals surface area contributed by atoms with Crippen molar-refractivity contribution in [3.63, 3.8) is 0 Å². The van der Waals surface area contributed by atoms with Crippen molar-refractivity contribution in [1.82, 2.24) is 0 Å². The van der Waals surface area contributed by atoms with Gasteiger partial charge in [0.15, 0.2) is 6.29 Å². The molecule has 0 radical (unpaired) electrons. The van der Waals surface area contributed by atoms with Gasteiger partial charge in [0.2, 0.25) is 0 Å². The summed E-state index contributed by atoms with van der Waals surface area (Å²) in [7, 11) is 0. The minimum Gasteiger partial charge on any atom is -0.353 e. The van der Waals surface area contributed by atoms with E-state index in [1.54, 1.807) is 0 Å². The fraction of sp³-hybridized carbons (Fsp3) is 0.750. The first-order chi connectivity index (χ1) is 12.8. The number of rotatable bonds is 19. The number of allylic oxidation sites excluding steroid dienone is 6. The Hall–Kier alpha value is -0.860. The minimum absolute atomic E-state index is 0.0113. The molecule has 0 aliphatic heterocycles. The van der Waals surface area contributed by atoms with Gasteiger partial charge in [-0.2, -0.15) is 0 Å². The fourth-order valence-electron chi connectivity index (χ4n) is 2.50. The van der Waals surface area contributed by atoms with Crippen molar-refractivity contribution in [3.05, 3.63) is 36.5 Å². The van der Waals surface area contributed by atoms with Crippen LogP contribution in [0, 0.1) is 0 Å². The maximum atomic E-state index is 5.89. The normalized spacial score (nSPS) is 12.5. The summed E-state index contributed by atoms with van der Waals surface area (Å²) in [6.07, 6.45) is 27.3. The largest absolute Gasteiger partial charge is 0.353 e. The lowest BCUT2D eigenvalue weighted by Gasteiger charge is -2.18. The van der Waals surface area contributed by atoms with Crippen molar-refractivity contribution in [2.24, 2.45) is 0 Å². The van der Waals surface area contributed by atoms with E-state index in [1.165, 1.54) is 38.5 Å². The zero-order valence-electron chi connectivity index (χ0n) is 17.8. The molecule has 0 aromatic rings. The molecule has 0 rings (SSSR count). The van der Waals surface area contributed by atoms with E-state index in [4.69, 9.17) is 9.47 Å². The molecule has 0 spiro atoms. The summed E-state index contributed by atoms with van der Waals surface area (Å²) < 4.78 is 11.8. The molecule has 0 atom stereocenters. The van der Waals surface area contributed by atoms with E-state index >= 15 is 0 Å². The van der Waals surface area contributed by atoms with E-state index in [0.29, 0.717) is 0 Å². The second-order valence-electron chi connectivity index (χ2n) is 6.83. The number of unbranched alkanes of at least 4 members (excludes halogenated alkanes) is 6. The highest BCUT2D eigenvalue weighted by atomic mass is 16.7. The van der Waals surface area contributed by atoms with Gasteiger partial charge in [-0.3, -0.25) is 0 Å². The fourth-order valence-corrected chi connectivity index (χ4v) is 2.50. The predicted octanol–water partition coefficient (Wildman–Crippen LogP) is 7.76. The van der Waals surface area contributed by atoms with E-state index in [0.717, 1.165) is 51.7 Å². The van der Waals surface area contributed by atoms with Crippen LogP contribution in [0.15, 0.2) is 36.5 Å². The monoisotopic (exact) mass is 364 g/mol. The van der Waals surface area contributed by atoms with Crippen LogP contribution in [0.25, 0.3) is 0 Å². The molecule has 0 heterocycles. The van der Waals surface area contributed by atoms with Gasteiger partial charge in [-0.15, -0.1) is 0 Å². The molecule has 0 N–H and O–H groups in total. The quantitative estimate of drug-likeness (QED) is 0.101. The van der Waals surface area contributed by atoms with E-state index in [2.05, 4.69) is 57.2 Å². The Morgan fingerprint density at radius 1 is 0.615 bits per heavy atom. The number of ether oxygens (including phenoxy) is 2. The minimum atomic E-state index is 0.0113. The zero-order chi connectivity index (χ0) is 19.1. The maximum absolute atomic E-state index is 5.89. The van der Waals surface area contributed by atoms with Crippen LogP contribution in [0.5, 0.6) is 0 Å². The molecule has 0 aliphatic carbocycles. The van der Waals surface area contributed by atoms with Gasteiger partial charge in [-0.1, -0.05) is 76.5 Å². The summed E-state index contributed by atoms with van der Waals surface area (Å²) in [5.41, 5.74) is 0. The van der Waals surface area contributed by atoms with E-state index in [9.17, 15) is 0 Å². The Morgan fingerprint density at radius 3 is 1.88 bits per heavy atom. The smallest absolute Gasteiger partial charge is 0.157 e. The molecular formula is C24H44O2. The van der Waals surface area contributed by atoms with E-state index < -0.39 is 0 Å². The van der Waals surface area contributed by atoms with Crippen molar-refractivity contribution >= 4 is 0 Å². The third-order valence-corrected chi connectivity index (χ3v) is 4.20. The average Bonchev–Trinajstić information content (AvgIpc) is 2.65. The molecule has 0 saturated heterocycles. The lowest BCUT2D eigenvalue weighted by Crippen LogP contribution is -2.18. The molecule has 0 unspecified atom stereocenters. The van der Waals surface area contributed by atoms with Crippen LogP contribution in [0.2, 0.25) is 0 Å². The summed E-state index contributed by atoms with van der Waals surface area (Å²) in [4.78, 5) is 0. The first-order valence-electron chi connectivity index (χ1n) is 11.0. The highest BCUT2D eigenvalue weighted by Gasteiger charge is 2.08. The van der Waals surface area contributed by atoms with E-state index in [1.807, 2.05) is 0 Å². The summed E-state index contributed by atoms with van der Waals surface area (Å²) in [6, 6.07) is 0. The van der Waals surface area contributed by atoms with Crippen LogP contribution in [0.4, 0.5) is 0 Å². The zero-order valence-corrected chi connectivity index (χ0v) is 17.8. The van der Waals surface area contributed by atoms with Crippen molar-refractivity contribution < 1.29 is 9.47 Å². The van der Waals surface area contributed by atoms with Crippen LogP contribution in [0.3, 0.4) is 0 Å². The standard InChI is InChI=1S/C24H44O2/c1-4-7-10-11-12-13-14-15-16-17-18-19-20-21-24(25-22-8-5-2)26-23-9-6-3/h7,10-12,15-16,24H,4-6,8-9,13-14,17-23H2,1-3H3/b10-7+,12-11-,16-15-. The summed E-state index contributed by atoms with van der Waals surface area (Å²) in [6.45, 7) is 8.22. The Morgan fingerprint density at radius 2 is 1.23 bits per heavy atom. The Kier molecular flexibility index (Phi) is 21.4. The lowest BCUT2D eigenvalue weighted by atomic mass is 10.1. The second-order valence-corrected chi connectivity index (χ2v) is 6.83. The molecule has 0 aromatic carbocycles. The molecule has 0 aromatic heterocycles. The summed E-state index contributed by atoms with van der Waals surface area (Å²) in [5.74, 6) is 0. The molecule has 0 bridgehead atoms. The molecule has 2 heteroatoms. The van der Waals surface area contributed by atoms with Gasteiger partial charge in [0.25, 0.3) is 0 Å². The van der Waals surface area contributed by atoms with Gasteiger partial charge in [0.05, 0.1) is 0 Å². The Labute approximate surface area is 163 Å². The number of hydrogen-bond donors (Lipinski definition) is 0. The van der Waals surface area contributed by atoms with Crippen LogP contribution >= 0.6 is 0 Å². The average molecular weight is 365 g/mol. The SMILES string of the molecule is CC/C=C/C=C\CC/C=C\CCCCCC(OCCCC)OCCCC. The van der Waals surface area contributed by atoms with Gasteiger partial charge in [-0.05, 0) is 57.8 Å². The molecule has 0 saturated carbocycles. The highest BCUT2D eigenvalue weighted by Crippen LogP contribution is 2.12. The van der Waals surface area contributed by atoms with Crippen LogP contribution in [0.1, 0.15) is 97.8 Å². The first-order valence-corrected chi connectivity index (χ1v) is 11.0. The highest BCUT2D eigenvalue weighted by molar-refractivity contribution is 5.02. The predicted molar refractivity (Wildman–Crippen MR) is 116 cm³/mol. The molecule has 0 aliphatic rings. The summed E-state index contributed by atoms with van der Waals surface area (Å²) >= 11 is 0. The Bertz CT molecular complexity index is 334. The first kappa shape index (κ1) is 25.1.